The van der Waals surface area contributed by atoms with Crippen molar-refractivity contribution in [2.75, 3.05) is 28.2 Å². The van der Waals surface area contributed by atoms with Crippen LogP contribution >= 0.6 is 0 Å². The number of ether oxygens (including phenoxy) is 1. The lowest BCUT2D eigenvalue weighted by Crippen LogP contribution is -2.44. The molecule has 0 atom stereocenters. The van der Waals surface area contributed by atoms with E-state index in [0.29, 0.717) is 0 Å². The molecule has 0 aromatic rings. The summed E-state index contributed by atoms with van der Waals surface area (Å²) in [4.78, 5) is 4.08. The van der Waals surface area contributed by atoms with Gasteiger partial charge in [-0.05, 0) is 42.0 Å². The third kappa shape index (κ3) is 4.35. The Morgan fingerprint density at radius 1 is 0.909 bits per heavy atom. The molecule has 0 fully saturated rings. The number of nitrogens with zero attached hydrogens (tertiary/aromatic N) is 2. The minimum absolute atomic E-state index is 0.0787. The highest BCUT2D eigenvalue weighted by Crippen LogP contribution is 2.02. The van der Waals surface area contributed by atoms with Crippen molar-refractivity contribution in [3.8, 4) is 0 Å². The predicted molar refractivity (Wildman–Crippen MR) is 47.4 cm³/mol. The van der Waals surface area contributed by atoms with Gasteiger partial charge in [0.25, 0.3) is 0 Å². The van der Waals surface area contributed by atoms with Crippen LogP contribution < -0.4 is 0 Å². The lowest BCUT2D eigenvalue weighted by atomic mass is 10.5. The van der Waals surface area contributed by atoms with E-state index in [1.165, 1.54) is 0 Å². The molecular weight excluding hydrogens is 140 g/mol. The molecule has 0 N–H and O–H groups in total. The molecule has 0 amide bonds. The topological polar surface area (TPSA) is 15.7 Å². The molecule has 68 valence electrons. The van der Waals surface area contributed by atoms with E-state index in [4.69, 9.17) is 4.74 Å². The zero-order valence-corrected chi connectivity index (χ0v) is 8.46. The summed E-state index contributed by atoms with van der Waals surface area (Å²) in [5.41, 5.74) is 0. The van der Waals surface area contributed by atoms with Crippen molar-refractivity contribution >= 4 is 0 Å². The molecule has 0 aliphatic carbocycles. The second kappa shape index (κ2) is 4.70. The monoisotopic (exact) mass is 160 g/mol. The highest BCUT2D eigenvalue weighted by Gasteiger charge is 2.14. The Hall–Kier alpha value is -0.120. The molecule has 3 nitrogen and oxygen atoms in total. The Balaban J connectivity index is 3.90. The van der Waals surface area contributed by atoms with Gasteiger partial charge in [0, 0.05) is 0 Å². The quantitative estimate of drug-likeness (QED) is 0.566. The molecule has 0 radical (unpaired) electrons. The second-order valence-electron chi connectivity index (χ2n) is 3.44. The molecule has 0 rings (SSSR count). The smallest absolute Gasteiger partial charge is 0.167 e. The molecule has 0 aliphatic rings. The van der Waals surface area contributed by atoms with Gasteiger partial charge in [0.05, 0.1) is 6.10 Å². The Labute approximate surface area is 69.9 Å². The Bertz CT molecular complexity index is 94.3. The van der Waals surface area contributed by atoms with Crippen LogP contribution in [-0.2, 0) is 4.74 Å². The Kier molecular flexibility index (Phi) is 4.65. The van der Waals surface area contributed by atoms with Crippen molar-refractivity contribution in [3.63, 3.8) is 0 Å². The van der Waals surface area contributed by atoms with Gasteiger partial charge in [-0.2, -0.15) is 0 Å². The molecule has 3 heteroatoms. The first-order chi connectivity index (χ1) is 4.95. The first-order valence-corrected chi connectivity index (χ1v) is 3.93. The molecule has 0 bridgehead atoms. The maximum Gasteiger partial charge on any atom is 0.167 e. The molecule has 11 heavy (non-hydrogen) atoms. The van der Waals surface area contributed by atoms with Crippen molar-refractivity contribution in [1.29, 1.82) is 0 Å². The van der Waals surface area contributed by atoms with Gasteiger partial charge in [-0.3, -0.25) is 9.80 Å². The SMILES string of the molecule is CC(C)OC(N(C)C)N(C)C. The maximum absolute atomic E-state index is 5.62. The average molecular weight is 160 g/mol. The van der Waals surface area contributed by atoms with Gasteiger partial charge in [-0.1, -0.05) is 0 Å². The van der Waals surface area contributed by atoms with Crippen molar-refractivity contribution in [1.82, 2.24) is 9.80 Å². The summed E-state index contributed by atoms with van der Waals surface area (Å²) in [5, 5.41) is 0. The van der Waals surface area contributed by atoms with Crippen LogP contribution in [0.3, 0.4) is 0 Å². The van der Waals surface area contributed by atoms with Crippen LogP contribution in [0.25, 0.3) is 0 Å². The molecular formula is C8H20N2O. The first-order valence-electron chi connectivity index (χ1n) is 3.93. The van der Waals surface area contributed by atoms with E-state index in [2.05, 4.69) is 0 Å². The molecule has 0 aromatic carbocycles. The first kappa shape index (κ1) is 10.9. The summed E-state index contributed by atoms with van der Waals surface area (Å²) in [6, 6.07) is 0. The fourth-order valence-corrected chi connectivity index (χ4v) is 0.949. The Morgan fingerprint density at radius 2 is 1.27 bits per heavy atom. The van der Waals surface area contributed by atoms with Gasteiger partial charge < -0.3 is 4.74 Å². The van der Waals surface area contributed by atoms with Crippen LogP contribution in [0.1, 0.15) is 13.8 Å². The van der Waals surface area contributed by atoms with E-state index in [9.17, 15) is 0 Å². The van der Waals surface area contributed by atoms with Gasteiger partial charge in [0.2, 0.25) is 0 Å². The summed E-state index contributed by atoms with van der Waals surface area (Å²) in [6.07, 6.45) is 0.347. The second-order valence-corrected chi connectivity index (χ2v) is 3.44. The third-order valence-corrected chi connectivity index (χ3v) is 1.28. The van der Waals surface area contributed by atoms with E-state index < -0.39 is 0 Å². The molecule has 0 saturated carbocycles. The van der Waals surface area contributed by atoms with Gasteiger partial charge >= 0.3 is 0 Å². The van der Waals surface area contributed by atoms with Crippen molar-refractivity contribution in [3.05, 3.63) is 0 Å². The van der Waals surface area contributed by atoms with Crippen LogP contribution in [0.2, 0.25) is 0 Å². The maximum atomic E-state index is 5.62. The van der Waals surface area contributed by atoms with E-state index >= 15 is 0 Å². The zero-order valence-electron chi connectivity index (χ0n) is 8.46. The molecule has 0 saturated heterocycles. The van der Waals surface area contributed by atoms with E-state index in [0.717, 1.165) is 0 Å². The minimum atomic E-state index is 0.0787. The standard InChI is InChI=1S/C8H20N2O/c1-7(2)11-8(9(3)4)10(5)6/h7-8H,1-6H3. The van der Waals surface area contributed by atoms with Crippen LogP contribution in [0.4, 0.5) is 0 Å². The van der Waals surface area contributed by atoms with Gasteiger partial charge in [0.1, 0.15) is 0 Å². The van der Waals surface area contributed by atoms with E-state index in [-0.39, 0.29) is 12.5 Å². The van der Waals surface area contributed by atoms with Gasteiger partial charge in [0.15, 0.2) is 6.35 Å². The third-order valence-electron chi connectivity index (χ3n) is 1.28. The van der Waals surface area contributed by atoms with Crippen LogP contribution in [0.15, 0.2) is 0 Å². The number of hydrogen-bond acceptors (Lipinski definition) is 3. The number of hydrogen-bond donors (Lipinski definition) is 0. The number of rotatable bonds is 4. The fraction of sp³-hybridized carbons (Fsp3) is 1.00. The summed E-state index contributed by atoms with van der Waals surface area (Å²) >= 11 is 0. The molecule has 0 heterocycles. The largest absolute Gasteiger partial charge is 0.347 e. The van der Waals surface area contributed by atoms with Crippen LogP contribution in [0.5, 0.6) is 0 Å². The molecule has 0 aliphatic heterocycles. The fourth-order valence-electron chi connectivity index (χ4n) is 0.949. The predicted octanol–water partition coefficient (Wildman–Crippen LogP) is 0.818. The summed E-state index contributed by atoms with van der Waals surface area (Å²) in [6.45, 7) is 4.08. The van der Waals surface area contributed by atoms with E-state index in [1.807, 2.05) is 51.8 Å². The lowest BCUT2D eigenvalue weighted by molar-refractivity contribution is -0.141. The van der Waals surface area contributed by atoms with Gasteiger partial charge in [-0.25, -0.2) is 0 Å². The van der Waals surface area contributed by atoms with Crippen molar-refractivity contribution < 1.29 is 4.74 Å². The van der Waals surface area contributed by atoms with Crippen molar-refractivity contribution in [2.24, 2.45) is 0 Å². The van der Waals surface area contributed by atoms with Crippen molar-refractivity contribution in [2.45, 2.75) is 26.3 Å². The highest BCUT2D eigenvalue weighted by atomic mass is 16.5. The highest BCUT2D eigenvalue weighted by molar-refractivity contribution is 4.51. The van der Waals surface area contributed by atoms with Crippen LogP contribution in [-0.4, -0.2) is 50.4 Å². The average Bonchev–Trinajstić information content (AvgIpc) is 1.81. The van der Waals surface area contributed by atoms with E-state index in [1.54, 1.807) is 0 Å². The Morgan fingerprint density at radius 3 is 1.36 bits per heavy atom. The van der Waals surface area contributed by atoms with Crippen LogP contribution in [0, 0.1) is 0 Å². The molecule has 0 aromatic heterocycles. The molecule has 0 unspecified atom stereocenters. The summed E-state index contributed by atoms with van der Waals surface area (Å²) in [7, 11) is 8.03. The minimum Gasteiger partial charge on any atom is -0.347 e. The zero-order chi connectivity index (χ0) is 9.02. The van der Waals surface area contributed by atoms with Gasteiger partial charge in [-0.15, -0.1) is 0 Å². The lowest BCUT2D eigenvalue weighted by Gasteiger charge is -2.31. The normalized spacial score (nSPS) is 12.5. The molecule has 0 spiro atoms. The summed E-state index contributed by atoms with van der Waals surface area (Å²) in [5.74, 6) is 0. The summed E-state index contributed by atoms with van der Waals surface area (Å²) < 4.78 is 5.62.